The number of nitrogens with one attached hydrogen (secondary N) is 1. The average Bonchev–Trinajstić information content (AvgIpc) is 3.22. The fraction of sp³-hybridized carbons (Fsp3) is 0.316. The van der Waals surface area contributed by atoms with Gasteiger partial charge in [-0.15, -0.1) is 5.10 Å². The summed E-state index contributed by atoms with van der Waals surface area (Å²) in [5, 5.41) is 14.4. The number of hydrogen-bond donors (Lipinski definition) is 1. The van der Waals surface area contributed by atoms with E-state index < -0.39 is 0 Å². The normalized spacial score (nSPS) is 10.8. The maximum Gasteiger partial charge on any atom is 0.270 e. The van der Waals surface area contributed by atoms with Crippen molar-refractivity contribution in [1.82, 2.24) is 24.8 Å². The maximum atomic E-state index is 12.7. The van der Waals surface area contributed by atoms with Crippen LogP contribution in [0.3, 0.4) is 0 Å². The lowest BCUT2D eigenvalue weighted by Gasteiger charge is -2.07. The molecule has 0 fully saturated rings. The minimum absolute atomic E-state index is 0.0756. The van der Waals surface area contributed by atoms with Gasteiger partial charge in [0.2, 0.25) is 11.7 Å². The molecule has 2 aromatic heterocycles. The first-order chi connectivity index (χ1) is 13.0. The number of carbonyl (C=O) groups is 2. The Morgan fingerprint density at radius 3 is 2.56 bits per heavy atom. The van der Waals surface area contributed by atoms with E-state index in [4.69, 9.17) is 0 Å². The molecular weight excluding hydrogens is 344 g/mol. The second-order valence-electron chi connectivity index (χ2n) is 6.40. The van der Waals surface area contributed by atoms with Crippen LogP contribution in [0.25, 0.3) is 0 Å². The zero-order chi connectivity index (χ0) is 19.4. The number of rotatable bonds is 7. The van der Waals surface area contributed by atoms with Gasteiger partial charge in [-0.2, -0.15) is 4.80 Å². The van der Waals surface area contributed by atoms with Crippen molar-refractivity contribution in [3.63, 3.8) is 0 Å². The molecule has 0 spiro atoms. The van der Waals surface area contributed by atoms with Crippen molar-refractivity contribution in [3.05, 3.63) is 58.9 Å². The fourth-order valence-electron chi connectivity index (χ4n) is 2.73. The summed E-state index contributed by atoms with van der Waals surface area (Å²) in [6.07, 6.45) is 0.991. The minimum Gasteiger partial charge on any atom is -0.344 e. The molecule has 0 atom stereocenters. The highest BCUT2D eigenvalue weighted by Gasteiger charge is 2.17. The standard InChI is InChI=1S/C19H22N6O2/c1-4-11-25-22-19(21-23-25)20-17(26)12-15-9-10-16(24(15)3)18(27)14-7-5-13(2)6-8-14/h5-10H,4,11-12H2,1-3H3,(H,20,22,26). The molecule has 0 radical (unpaired) electrons. The smallest absolute Gasteiger partial charge is 0.270 e. The predicted octanol–water partition coefficient (Wildman–Crippen LogP) is 2.14. The van der Waals surface area contributed by atoms with Crippen LogP contribution >= 0.6 is 0 Å². The Morgan fingerprint density at radius 1 is 1.11 bits per heavy atom. The lowest BCUT2D eigenvalue weighted by Crippen LogP contribution is -2.18. The van der Waals surface area contributed by atoms with E-state index >= 15 is 0 Å². The number of tetrazole rings is 1. The Kier molecular flexibility index (Phi) is 5.44. The molecule has 8 heteroatoms. The number of amides is 1. The van der Waals surface area contributed by atoms with Crippen molar-refractivity contribution in [2.24, 2.45) is 7.05 Å². The molecule has 0 saturated carbocycles. The van der Waals surface area contributed by atoms with Crippen molar-refractivity contribution in [2.45, 2.75) is 33.2 Å². The third kappa shape index (κ3) is 4.28. The van der Waals surface area contributed by atoms with E-state index in [1.165, 1.54) is 4.80 Å². The lowest BCUT2D eigenvalue weighted by atomic mass is 10.1. The molecule has 27 heavy (non-hydrogen) atoms. The van der Waals surface area contributed by atoms with Gasteiger partial charge in [-0.25, -0.2) is 0 Å². The predicted molar refractivity (Wildman–Crippen MR) is 100 cm³/mol. The Balaban J connectivity index is 1.68. The van der Waals surface area contributed by atoms with Crippen LogP contribution in [0.4, 0.5) is 5.95 Å². The van der Waals surface area contributed by atoms with Crippen molar-refractivity contribution in [3.8, 4) is 0 Å². The van der Waals surface area contributed by atoms with Gasteiger partial charge in [-0.1, -0.05) is 41.9 Å². The molecule has 3 aromatic rings. The molecule has 2 heterocycles. The SMILES string of the molecule is CCCn1nnc(NC(=O)Cc2ccc(C(=O)c3ccc(C)cc3)n2C)n1. The van der Waals surface area contributed by atoms with Gasteiger partial charge in [0.05, 0.1) is 18.7 Å². The summed E-state index contributed by atoms with van der Waals surface area (Å²) in [6.45, 7) is 4.63. The second kappa shape index (κ2) is 7.94. The van der Waals surface area contributed by atoms with Crippen LogP contribution in [0, 0.1) is 6.92 Å². The Morgan fingerprint density at radius 2 is 1.85 bits per heavy atom. The van der Waals surface area contributed by atoms with E-state index in [0.29, 0.717) is 17.8 Å². The largest absolute Gasteiger partial charge is 0.344 e. The topological polar surface area (TPSA) is 94.7 Å². The van der Waals surface area contributed by atoms with Gasteiger partial charge in [0, 0.05) is 18.3 Å². The lowest BCUT2D eigenvalue weighted by molar-refractivity contribution is -0.115. The molecule has 0 aliphatic carbocycles. The van der Waals surface area contributed by atoms with Gasteiger partial charge in [0.1, 0.15) is 0 Å². The molecule has 140 valence electrons. The van der Waals surface area contributed by atoms with Crippen LogP contribution < -0.4 is 5.32 Å². The highest BCUT2D eigenvalue weighted by molar-refractivity contribution is 6.08. The summed E-state index contributed by atoms with van der Waals surface area (Å²) in [5.74, 6) is -0.159. The number of anilines is 1. The number of benzene rings is 1. The van der Waals surface area contributed by atoms with Gasteiger partial charge < -0.3 is 4.57 Å². The van der Waals surface area contributed by atoms with Gasteiger partial charge >= 0.3 is 0 Å². The highest BCUT2D eigenvalue weighted by atomic mass is 16.2. The summed E-state index contributed by atoms with van der Waals surface area (Å²) in [5.41, 5.74) is 2.98. The van der Waals surface area contributed by atoms with Crippen LogP contribution in [0.15, 0.2) is 36.4 Å². The monoisotopic (exact) mass is 366 g/mol. The zero-order valence-electron chi connectivity index (χ0n) is 15.6. The molecule has 0 aliphatic heterocycles. The van der Waals surface area contributed by atoms with E-state index in [0.717, 1.165) is 17.7 Å². The van der Waals surface area contributed by atoms with Crippen molar-refractivity contribution in [2.75, 3.05) is 5.32 Å². The Bertz CT molecular complexity index is 955. The summed E-state index contributed by atoms with van der Waals surface area (Å²) < 4.78 is 1.74. The van der Waals surface area contributed by atoms with Crippen LogP contribution in [0.2, 0.25) is 0 Å². The third-order valence-corrected chi connectivity index (χ3v) is 4.24. The highest BCUT2D eigenvalue weighted by Crippen LogP contribution is 2.15. The molecule has 1 aromatic carbocycles. The van der Waals surface area contributed by atoms with Crippen LogP contribution in [0.1, 0.15) is 40.7 Å². The van der Waals surface area contributed by atoms with E-state index in [1.807, 2.05) is 38.1 Å². The average molecular weight is 366 g/mol. The van der Waals surface area contributed by atoms with Gasteiger partial charge in [-0.3, -0.25) is 14.9 Å². The molecule has 1 N–H and O–H groups in total. The molecule has 1 amide bonds. The zero-order valence-corrected chi connectivity index (χ0v) is 15.6. The van der Waals surface area contributed by atoms with E-state index in [1.54, 1.807) is 23.7 Å². The number of ketones is 1. The van der Waals surface area contributed by atoms with E-state index in [9.17, 15) is 9.59 Å². The number of carbonyl (C=O) groups excluding carboxylic acids is 2. The molecule has 8 nitrogen and oxygen atoms in total. The number of aryl methyl sites for hydroxylation is 2. The molecular formula is C19H22N6O2. The first-order valence-electron chi connectivity index (χ1n) is 8.81. The maximum absolute atomic E-state index is 12.7. The van der Waals surface area contributed by atoms with Gasteiger partial charge in [0.25, 0.3) is 5.95 Å². The number of nitrogens with zero attached hydrogens (tertiary/aromatic N) is 5. The first kappa shape index (κ1) is 18.5. The molecule has 3 rings (SSSR count). The van der Waals surface area contributed by atoms with Gasteiger partial charge in [0.15, 0.2) is 0 Å². The Hall–Kier alpha value is -3.29. The van der Waals surface area contributed by atoms with Gasteiger partial charge in [-0.05, 0) is 30.7 Å². The van der Waals surface area contributed by atoms with Crippen LogP contribution in [-0.2, 0) is 24.8 Å². The molecule has 0 bridgehead atoms. The minimum atomic E-state index is -0.262. The van der Waals surface area contributed by atoms with E-state index in [-0.39, 0.29) is 24.1 Å². The second-order valence-corrected chi connectivity index (χ2v) is 6.40. The first-order valence-corrected chi connectivity index (χ1v) is 8.81. The van der Waals surface area contributed by atoms with Crippen molar-refractivity contribution in [1.29, 1.82) is 0 Å². The van der Waals surface area contributed by atoms with Crippen molar-refractivity contribution < 1.29 is 9.59 Å². The van der Waals surface area contributed by atoms with Crippen LogP contribution in [0.5, 0.6) is 0 Å². The molecule has 0 aliphatic rings. The quantitative estimate of drug-likeness (QED) is 0.647. The van der Waals surface area contributed by atoms with Crippen molar-refractivity contribution >= 4 is 17.6 Å². The Labute approximate surface area is 157 Å². The summed E-state index contributed by atoms with van der Waals surface area (Å²) in [7, 11) is 1.78. The third-order valence-electron chi connectivity index (χ3n) is 4.24. The summed E-state index contributed by atoms with van der Waals surface area (Å²) in [4.78, 5) is 26.4. The fourth-order valence-corrected chi connectivity index (χ4v) is 2.73. The van der Waals surface area contributed by atoms with Crippen LogP contribution in [-0.4, -0.2) is 36.5 Å². The number of hydrogen-bond acceptors (Lipinski definition) is 5. The molecule has 0 unspecified atom stereocenters. The van der Waals surface area contributed by atoms with E-state index in [2.05, 4.69) is 20.7 Å². The number of aromatic nitrogens is 5. The molecule has 0 saturated heterocycles. The summed E-state index contributed by atoms with van der Waals surface area (Å²) in [6, 6.07) is 10.9. The summed E-state index contributed by atoms with van der Waals surface area (Å²) >= 11 is 0.